The molecule has 8 heteroatoms. The molecule has 0 atom stereocenters. The van der Waals surface area contributed by atoms with Crippen LogP contribution >= 0.6 is 0 Å². The zero-order valence-corrected chi connectivity index (χ0v) is 10.7. The second kappa shape index (κ2) is 6.53. The molecule has 8 nitrogen and oxygen atoms in total. The Morgan fingerprint density at radius 2 is 2.21 bits per heavy atom. The number of aryl methyl sites for hydroxylation is 1. The Morgan fingerprint density at radius 1 is 1.53 bits per heavy atom. The third-order valence-corrected chi connectivity index (χ3v) is 2.41. The van der Waals surface area contributed by atoms with Gasteiger partial charge in [-0.05, 0) is 6.42 Å². The minimum atomic E-state index is -0.587. The van der Waals surface area contributed by atoms with Gasteiger partial charge in [-0.2, -0.15) is 0 Å². The molecule has 0 aliphatic rings. The summed E-state index contributed by atoms with van der Waals surface area (Å²) in [5.41, 5.74) is -0.00544. The van der Waals surface area contributed by atoms with E-state index in [0.29, 0.717) is 6.54 Å². The lowest BCUT2D eigenvalue weighted by Gasteiger charge is -2.07. The lowest BCUT2D eigenvalue weighted by molar-refractivity contribution is -0.384. The predicted octanol–water partition coefficient (Wildman–Crippen LogP) is 0.709. The number of carbonyl (C=O) groups excluding carboxylic acids is 2. The van der Waals surface area contributed by atoms with Crippen LogP contribution in [-0.4, -0.2) is 35.0 Å². The molecule has 1 rings (SSSR count). The molecule has 1 N–H and O–H groups in total. The summed E-state index contributed by atoms with van der Waals surface area (Å²) in [6, 6.07) is 1.18. The van der Waals surface area contributed by atoms with Gasteiger partial charge in [0.1, 0.15) is 12.2 Å². The molecule has 1 amide bonds. The maximum Gasteiger partial charge on any atom is 0.325 e. The van der Waals surface area contributed by atoms with E-state index in [1.165, 1.54) is 23.9 Å². The van der Waals surface area contributed by atoms with Crippen molar-refractivity contribution in [2.75, 3.05) is 13.7 Å². The molecule has 0 radical (unpaired) electrons. The topological polar surface area (TPSA) is 103 Å². The Hall–Kier alpha value is -2.38. The number of hydrogen-bond donors (Lipinski definition) is 1. The lowest BCUT2D eigenvalue weighted by atomic mass is 10.3. The van der Waals surface area contributed by atoms with Crippen LogP contribution in [0.3, 0.4) is 0 Å². The van der Waals surface area contributed by atoms with E-state index >= 15 is 0 Å². The Labute approximate surface area is 109 Å². The van der Waals surface area contributed by atoms with Crippen LogP contribution in [0.4, 0.5) is 5.69 Å². The molecular formula is C11H15N3O5. The summed E-state index contributed by atoms with van der Waals surface area (Å²) >= 11 is 0. The Morgan fingerprint density at radius 3 is 2.74 bits per heavy atom. The molecule has 0 aliphatic heterocycles. The van der Waals surface area contributed by atoms with Crippen molar-refractivity contribution in [3.05, 3.63) is 28.1 Å². The number of aromatic nitrogens is 1. The molecule has 0 fully saturated rings. The van der Waals surface area contributed by atoms with E-state index in [2.05, 4.69) is 10.1 Å². The number of carbonyl (C=O) groups is 2. The summed E-state index contributed by atoms with van der Waals surface area (Å²) in [6.07, 6.45) is 2.03. The maximum absolute atomic E-state index is 11.8. The van der Waals surface area contributed by atoms with Crippen molar-refractivity contribution in [3.63, 3.8) is 0 Å². The first-order valence-electron chi connectivity index (χ1n) is 5.69. The SMILES string of the molecule is CCCn1cc([N+](=O)[O-])cc1C(=O)NCC(=O)OC. The molecule has 19 heavy (non-hydrogen) atoms. The van der Waals surface area contributed by atoms with Gasteiger partial charge in [0.15, 0.2) is 0 Å². The summed E-state index contributed by atoms with van der Waals surface area (Å²) in [6.45, 7) is 2.09. The highest BCUT2D eigenvalue weighted by molar-refractivity contribution is 5.95. The fourth-order valence-corrected chi connectivity index (χ4v) is 1.53. The molecule has 1 aromatic rings. The van der Waals surface area contributed by atoms with Gasteiger partial charge in [-0.3, -0.25) is 19.7 Å². The van der Waals surface area contributed by atoms with E-state index in [0.717, 1.165) is 6.42 Å². The normalized spacial score (nSPS) is 10.0. The van der Waals surface area contributed by atoms with Gasteiger partial charge in [0.25, 0.3) is 11.6 Å². The fourth-order valence-electron chi connectivity index (χ4n) is 1.53. The lowest BCUT2D eigenvalue weighted by Crippen LogP contribution is -2.31. The molecule has 1 aromatic heterocycles. The van der Waals surface area contributed by atoms with Crippen LogP contribution in [0.15, 0.2) is 12.3 Å². The fraction of sp³-hybridized carbons (Fsp3) is 0.455. The number of nitrogens with one attached hydrogen (secondary N) is 1. The molecule has 0 aliphatic carbocycles. The second-order valence-electron chi connectivity index (χ2n) is 3.79. The molecule has 0 saturated heterocycles. The van der Waals surface area contributed by atoms with Crippen LogP contribution in [0.25, 0.3) is 0 Å². The number of esters is 1. The first-order chi connectivity index (χ1) is 8.99. The zero-order valence-electron chi connectivity index (χ0n) is 10.7. The average molecular weight is 269 g/mol. The summed E-state index contributed by atoms with van der Waals surface area (Å²) in [5.74, 6) is -1.14. The average Bonchev–Trinajstić information content (AvgIpc) is 2.80. The Balaban J connectivity index is 2.87. The minimum absolute atomic E-state index is 0.150. The van der Waals surface area contributed by atoms with Gasteiger partial charge in [0.2, 0.25) is 0 Å². The van der Waals surface area contributed by atoms with Gasteiger partial charge in [0.05, 0.1) is 18.2 Å². The number of hydrogen-bond acceptors (Lipinski definition) is 5. The molecule has 0 aromatic carbocycles. The molecule has 0 bridgehead atoms. The number of nitro groups is 1. The number of nitrogens with zero attached hydrogens (tertiary/aromatic N) is 2. The van der Waals surface area contributed by atoms with Crippen LogP contribution in [0, 0.1) is 10.1 Å². The number of amides is 1. The maximum atomic E-state index is 11.8. The smallest absolute Gasteiger partial charge is 0.325 e. The quantitative estimate of drug-likeness (QED) is 0.465. The van der Waals surface area contributed by atoms with Gasteiger partial charge in [-0.1, -0.05) is 6.92 Å². The van der Waals surface area contributed by atoms with Gasteiger partial charge < -0.3 is 14.6 Å². The summed E-state index contributed by atoms with van der Waals surface area (Å²) in [7, 11) is 1.21. The first kappa shape index (κ1) is 14.7. The zero-order chi connectivity index (χ0) is 14.4. The van der Waals surface area contributed by atoms with Crippen molar-refractivity contribution < 1.29 is 19.2 Å². The van der Waals surface area contributed by atoms with Crippen molar-refractivity contribution >= 4 is 17.6 Å². The highest BCUT2D eigenvalue weighted by Crippen LogP contribution is 2.16. The van der Waals surface area contributed by atoms with Crippen molar-refractivity contribution in [2.24, 2.45) is 0 Å². The van der Waals surface area contributed by atoms with Crippen molar-refractivity contribution in [3.8, 4) is 0 Å². The van der Waals surface area contributed by atoms with Crippen molar-refractivity contribution in [2.45, 2.75) is 19.9 Å². The van der Waals surface area contributed by atoms with Gasteiger partial charge in [0, 0.05) is 12.6 Å². The number of methoxy groups -OCH3 is 1. The van der Waals surface area contributed by atoms with E-state index in [1.807, 2.05) is 6.92 Å². The van der Waals surface area contributed by atoms with Crippen molar-refractivity contribution in [1.82, 2.24) is 9.88 Å². The molecule has 0 spiro atoms. The van der Waals surface area contributed by atoms with Gasteiger partial charge in [-0.15, -0.1) is 0 Å². The standard InChI is InChI=1S/C11H15N3O5/c1-3-4-13-7-8(14(17)18)5-9(13)11(16)12-6-10(15)19-2/h5,7H,3-4,6H2,1-2H3,(H,12,16). The van der Waals surface area contributed by atoms with E-state index < -0.39 is 16.8 Å². The Bertz CT molecular complexity index is 495. The molecule has 0 unspecified atom stereocenters. The molecule has 1 heterocycles. The highest BCUT2D eigenvalue weighted by Gasteiger charge is 2.19. The van der Waals surface area contributed by atoms with Crippen molar-refractivity contribution in [1.29, 1.82) is 0 Å². The van der Waals surface area contributed by atoms with E-state index in [1.54, 1.807) is 0 Å². The van der Waals surface area contributed by atoms with E-state index in [4.69, 9.17) is 0 Å². The van der Waals surface area contributed by atoms with Crippen LogP contribution in [-0.2, 0) is 16.1 Å². The second-order valence-corrected chi connectivity index (χ2v) is 3.79. The van der Waals surface area contributed by atoms with E-state index in [9.17, 15) is 19.7 Å². The predicted molar refractivity (Wildman–Crippen MR) is 65.7 cm³/mol. The third-order valence-electron chi connectivity index (χ3n) is 2.41. The van der Waals surface area contributed by atoms with Crippen LogP contribution in [0.2, 0.25) is 0 Å². The summed E-state index contributed by atoms with van der Waals surface area (Å²) < 4.78 is 5.88. The first-order valence-corrected chi connectivity index (χ1v) is 5.69. The van der Waals surface area contributed by atoms with Gasteiger partial charge in [-0.25, -0.2) is 0 Å². The highest BCUT2D eigenvalue weighted by atomic mass is 16.6. The third kappa shape index (κ3) is 3.80. The van der Waals surface area contributed by atoms with Crippen LogP contribution < -0.4 is 5.32 Å². The molecular weight excluding hydrogens is 254 g/mol. The minimum Gasteiger partial charge on any atom is -0.468 e. The molecule has 104 valence electrons. The summed E-state index contributed by atoms with van der Waals surface area (Å²) in [5, 5.41) is 13.0. The Kier molecular flexibility index (Phi) is 5.04. The molecule has 0 saturated carbocycles. The van der Waals surface area contributed by atoms with E-state index in [-0.39, 0.29) is 17.9 Å². The van der Waals surface area contributed by atoms with Crippen LogP contribution in [0.1, 0.15) is 23.8 Å². The number of ether oxygens (including phenoxy) is 1. The van der Waals surface area contributed by atoms with Crippen LogP contribution in [0.5, 0.6) is 0 Å². The summed E-state index contributed by atoms with van der Waals surface area (Å²) in [4.78, 5) is 32.9. The monoisotopic (exact) mass is 269 g/mol. The largest absolute Gasteiger partial charge is 0.468 e. The number of rotatable bonds is 6. The van der Waals surface area contributed by atoms with Gasteiger partial charge >= 0.3 is 5.97 Å².